The number of rotatable bonds is 5. The monoisotopic (exact) mass is 408 g/mol. The van der Waals surface area contributed by atoms with E-state index in [0.717, 1.165) is 44.6 Å². The second kappa shape index (κ2) is 7.41. The van der Waals surface area contributed by atoms with Crippen molar-refractivity contribution in [1.29, 1.82) is 0 Å². The van der Waals surface area contributed by atoms with Crippen LogP contribution in [0.25, 0.3) is 5.82 Å². The number of nitrogens with zero attached hydrogens (tertiary/aromatic N) is 8. The van der Waals surface area contributed by atoms with E-state index in [1.807, 2.05) is 18.2 Å². The molecule has 0 saturated carbocycles. The van der Waals surface area contributed by atoms with Crippen molar-refractivity contribution in [3.05, 3.63) is 48.2 Å². The quantitative estimate of drug-likeness (QED) is 0.623. The van der Waals surface area contributed by atoms with Crippen molar-refractivity contribution in [3.8, 4) is 5.82 Å². The second-order valence-corrected chi connectivity index (χ2v) is 7.62. The van der Waals surface area contributed by atoms with E-state index < -0.39 is 11.4 Å². The largest absolute Gasteiger partial charge is 0.456 e. The molecule has 30 heavy (non-hydrogen) atoms. The van der Waals surface area contributed by atoms with Crippen LogP contribution >= 0.6 is 0 Å². The zero-order chi connectivity index (χ0) is 20.6. The first-order valence-electron chi connectivity index (χ1n) is 9.82. The Kier molecular flexibility index (Phi) is 4.58. The van der Waals surface area contributed by atoms with Gasteiger partial charge in [-0.2, -0.15) is 9.78 Å². The van der Waals surface area contributed by atoms with E-state index in [2.05, 4.69) is 30.6 Å². The number of likely N-dealkylation sites (tertiary alicyclic amines) is 1. The Balaban J connectivity index is 1.14. The number of carbonyl (C=O) groups is 2. The lowest BCUT2D eigenvalue weighted by atomic mass is 9.78. The van der Waals surface area contributed by atoms with Gasteiger partial charge in [-0.3, -0.25) is 9.69 Å². The van der Waals surface area contributed by atoms with Crippen LogP contribution in [0.5, 0.6) is 0 Å². The van der Waals surface area contributed by atoms with Gasteiger partial charge in [0.1, 0.15) is 12.9 Å². The fourth-order valence-electron chi connectivity index (χ4n) is 4.03. The summed E-state index contributed by atoms with van der Waals surface area (Å²) in [5.41, 5.74) is 1.04. The number of cyclic esters (lactones) is 1. The summed E-state index contributed by atoms with van der Waals surface area (Å²) >= 11 is 0. The van der Waals surface area contributed by atoms with E-state index in [9.17, 15) is 9.59 Å². The molecule has 5 rings (SSSR count). The van der Waals surface area contributed by atoms with Crippen LogP contribution in [0.3, 0.4) is 0 Å². The molecule has 0 bridgehead atoms. The van der Waals surface area contributed by atoms with Gasteiger partial charge in [-0.25, -0.2) is 4.79 Å². The zero-order valence-corrected chi connectivity index (χ0v) is 16.2. The topological polar surface area (TPSA) is 119 Å². The third-order valence-electron chi connectivity index (χ3n) is 5.87. The lowest BCUT2D eigenvalue weighted by molar-refractivity contribution is -0.137. The van der Waals surface area contributed by atoms with Crippen LogP contribution in [0.4, 0.5) is 0 Å². The molecule has 3 aliphatic heterocycles. The van der Waals surface area contributed by atoms with Crippen molar-refractivity contribution < 1.29 is 14.3 Å². The van der Waals surface area contributed by atoms with Crippen molar-refractivity contribution in [3.63, 3.8) is 0 Å². The normalized spacial score (nSPS) is 20.8. The highest BCUT2D eigenvalue weighted by atomic mass is 16.5. The summed E-state index contributed by atoms with van der Waals surface area (Å²) in [7, 11) is 0. The van der Waals surface area contributed by atoms with Crippen LogP contribution in [0, 0.1) is 5.41 Å². The summed E-state index contributed by atoms with van der Waals surface area (Å²) in [6.07, 6.45) is 8.92. The highest BCUT2D eigenvalue weighted by molar-refractivity contribution is 5.93. The SMILES string of the molecule is O=C1C=C(N2C=CC3(CCN(CCc4ccc(-n5cnnn5)nn4)CC3)C2=O)CO1. The Hall–Kier alpha value is -3.47. The van der Waals surface area contributed by atoms with E-state index in [4.69, 9.17) is 4.74 Å². The van der Waals surface area contributed by atoms with Gasteiger partial charge >= 0.3 is 5.97 Å². The predicted octanol–water partition coefficient (Wildman–Crippen LogP) is -0.126. The summed E-state index contributed by atoms with van der Waals surface area (Å²) in [5.74, 6) is 0.219. The fraction of sp³-hybridized carbons (Fsp3) is 0.421. The van der Waals surface area contributed by atoms with Gasteiger partial charge in [-0.1, -0.05) is 6.08 Å². The van der Waals surface area contributed by atoms with Gasteiger partial charge in [0.15, 0.2) is 5.82 Å². The highest BCUT2D eigenvalue weighted by Crippen LogP contribution is 2.40. The molecule has 0 unspecified atom stereocenters. The Labute approximate surface area is 172 Å². The first-order valence-corrected chi connectivity index (χ1v) is 9.82. The maximum absolute atomic E-state index is 13.0. The molecule has 0 radical (unpaired) electrons. The maximum atomic E-state index is 13.0. The Morgan fingerprint density at radius 2 is 2.00 bits per heavy atom. The van der Waals surface area contributed by atoms with Gasteiger partial charge in [0.2, 0.25) is 5.91 Å². The number of esters is 1. The molecule has 0 atom stereocenters. The van der Waals surface area contributed by atoms with E-state index in [-0.39, 0.29) is 12.5 Å². The molecule has 154 valence electrons. The lowest BCUT2D eigenvalue weighted by Gasteiger charge is -2.37. The van der Waals surface area contributed by atoms with Crippen molar-refractivity contribution in [1.82, 2.24) is 40.2 Å². The summed E-state index contributed by atoms with van der Waals surface area (Å²) in [6, 6.07) is 3.77. The Bertz CT molecular complexity index is 1010. The predicted molar refractivity (Wildman–Crippen MR) is 102 cm³/mol. The molecule has 0 aromatic carbocycles. The Morgan fingerprint density at radius 3 is 2.67 bits per heavy atom. The highest BCUT2D eigenvalue weighted by Gasteiger charge is 2.46. The molecule has 1 saturated heterocycles. The Morgan fingerprint density at radius 1 is 1.13 bits per heavy atom. The molecule has 2 aromatic rings. The number of hydrogen-bond donors (Lipinski definition) is 0. The molecule has 3 aliphatic rings. The van der Waals surface area contributed by atoms with Crippen molar-refractivity contribution >= 4 is 11.9 Å². The van der Waals surface area contributed by atoms with E-state index >= 15 is 0 Å². The van der Waals surface area contributed by atoms with Gasteiger partial charge in [-0.15, -0.1) is 10.2 Å². The van der Waals surface area contributed by atoms with Crippen molar-refractivity contribution in [2.75, 3.05) is 26.2 Å². The standard InChI is InChI=1S/C19H20N8O3/c28-17-11-15(12-30-17)26-10-6-19(18(26)29)4-8-25(9-5-19)7-3-14-1-2-16(22-21-14)27-13-20-23-24-27/h1-2,6,10-11,13H,3-5,7-9,12H2. The first-order chi connectivity index (χ1) is 14.6. The molecule has 2 aromatic heterocycles. The number of ether oxygens (including phenoxy) is 1. The third-order valence-corrected chi connectivity index (χ3v) is 5.87. The van der Waals surface area contributed by atoms with Gasteiger partial charge in [0.05, 0.1) is 16.8 Å². The van der Waals surface area contributed by atoms with Gasteiger partial charge in [-0.05, 0) is 48.5 Å². The van der Waals surface area contributed by atoms with Crippen molar-refractivity contribution in [2.24, 2.45) is 5.41 Å². The van der Waals surface area contributed by atoms with Gasteiger partial charge in [0, 0.05) is 25.2 Å². The van der Waals surface area contributed by atoms with Crippen LogP contribution < -0.4 is 0 Å². The molecule has 0 N–H and O–H groups in total. The summed E-state index contributed by atoms with van der Waals surface area (Å²) in [4.78, 5) is 28.2. The molecular formula is C19H20N8O3. The van der Waals surface area contributed by atoms with E-state index in [1.54, 1.807) is 11.1 Å². The van der Waals surface area contributed by atoms with Crippen LogP contribution in [-0.4, -0.2) is 78.3 Å². The number of piperidine rings is 1. The smallest absolute Gasteiger partial charge is 0.333 e. The van der Waals surface area contributed by atoms with Gasteiger partial charge < -0.3 is 9.64 Å². The van der Waals surface area contributed by atoms with Gasteiger partial charge in [0.25, 0.3) is 0 Å². The minimum Gasteiger partial charge on any atom is -0.456 e. The average Bonchev–Trinajstić information content (AvgIpc) is 3.51. The van der Waals surface area contributed by atoms with Crippen LogP contribution in [0.15, 0.2) is 42.5 Å². The molecule has 11 nitrogen and oxygen atoms in total. The lowest BCUT2D eigenvalue weighted by Crippen LogP contribution is -2.45. The molecule has 1 spiro atoms. The molecule has 11 heteroatoms. The third kappa shape index (κ3) is 3.36. The summed E-state index contributed by atoms with van der Waals surface area (Å²) in [6.45, 7) is 2.66. The van der Waals surface area contributed by atoms with Crippen molar-refractivity contribution in [2.45, 2.75) is 19.3 Å². The second-order valence-electron chi connectivity index (χ2n) is 7.62. The van der Waals surface area contributed by atoms with E-state index in [0.29, 0.717) is 11.5 Å². The average molecular weight is 408 g/mol. The minimum absolute atomic E-state index is 0.0377. The molecule has 1 amide bonds. The summed E-state index contributed by atoms with van der Waals surface area (Å²) < 4.78 is 6.39. The molecule has 5 heterocycles. The van der Waals surface area contributed by atoms with E-state index in [1.165, 1.54) is 17.1 Å². The fourth-order valence-corrected chi connectivity index (χ4v) is 4.03. The van der Waals surface area contributed by atoms with Crippen LogP contribution in [0.2, 0.25) is 0 Å². The number of carbonyl (C=O) groups excluding carboxylic acids is 2. The first kappa shape index (κ1) is 18.6. The molecule has 1 fully saturated rings. The number of tetrazole rings is 1. The number of amides is 1. The maximum Gasteiger partial charge on any atom is 0.333 e. The number of hydrogen-bond acceptors (Lipinski definition) is 9. The summed E-state index contributed by atoms with van der Waals surface area (Å²) in [5, 5.41) is 19.4. The molecule has 0 aliphatic carbocycles. The van der Waals surface area contributed by atoms with Crippen LogP contribution in [0.1, 0.15) is 18.5 Å². The minimum atomic E-state index is -0.476. The number of aromatic nitrogens is 6. The zero-order valence-electron chi connectivity index (χ0n) is 16.2. The molecular weight excluding hydrogens is 388 g/mol. The van der Waals surface area contributed by atoms with Crippen LogP contribution in [-0.2, 0) is 20.7 Å².